The Bertz CT molecular complexity index is 167. The number of fused-ring (bicyclic) bond motifs is 2. The van der Waals surface area contributed by atoms with E-state index in [1.165, 1.54) is 25.7 Å². The monoisotopic (exact) mass is 182 g/mol. The van der Waals surface area contributed by atoms with E-state index in [-0.39, 0.29) is 0 Å². The first-order valence-electron chi connectivity index (χ1n) is 5.64. The Morgan fingerprint density at radius 1 is 1.31 bits per heavy atom. The van der Waals surface area contributed by atoms with Crippen molar-refractivity contribution in [1.82, 2.24) is 4.90 Å². The topological polar surface area (TPSA) is 29.3 Å². The smallest absolute Gasteiger partial charge is 0.00984 e. The lowest BCUT2D eigenvalue weighted by Gasteiger charge is -2.38. The minimum atomic E-state index is 0.733. The van der Waals surface area contributed by atoms with Crippen molar-refractivity contribution in [1.29, 1.82) is 0 Å². The highest BCUT2D eigenvalue weighted by molar-refractivity contribution is 4.94. The molecule has 2 heteroatoms. The van der Waals surface area contributed by atoms with Crippen LogP contribution in [0.1, 0.15) is 32.6 Å². The molecular formula is C11H22N2. The summed E-state index contributed by atoms with van der Waals surface area (Å²) < 4.78 is 0. The molecule has 2 nitrogen and oxygen atoms in total. The lowest BCUT2D eigenvalue weighted by atomic mass is 9.82. The van der Waals surface area contributed by atoms with Crippen molar-refractivity contribution in [2.24, 2.45) is 17.6 Å². The highest BCUT2D eigenvalue weighted by Gasteiger charge is 2.39. The lowest BCUT2D eigenvalue weighted by molar-refractivity contribution is 0.108. The molecule has 2 bridgehead atoms. The molecule has 13 heavy (non-hydrogen) atoms. The Hall–Kier alpha value is -0.0800. The largest absolute Gasteiger partial charge is 0.330 e. The van der Waals surface area contributed by atoms with Crippen molar-refractivity contribution in [2.75, 3.05) is 13.6 Å². The summed E-state index contributed by atoms with van der Waals surface area (Å²) >= 11 is 0. The molecule has 2 N–H and O–H groups in total. The zero-order chi connectivity index (χ0) is 9.42. The van der Waals surface area contributed by atoms with Gasteiger partial charge in [-0.25, -0.2) is 0 Å². The van der Waals surface area contributed by atoms with Gasteiger partial charge in [-0.15, -0.1) is 0 Å². The molecule has 2 rings (SSSR count). The minimum Gasteiger partial charge on any atom is -0.330 e. The van der Waals surface area contributed by atoms with Crippen LogP contribution in [0.2, 0.25) is 0 Å². The molecule has 0 spiro atoms. The van der Waals surface area contributed by atoms with Crippen LogP contribution >= 0.6 is 0 Å². The average Bonchev–Trinajstić information content (AvgIpc) is 2.42. The quantitative estimate of drug-likeness (QED) is 0.700. The molecule has 0 aromatic carbocycles. The van der Waals surface area contributed by atoms with Crippen LogP contribution in [0.25, 0.3) is 0 Å². The summed E-state index contributed by atoms with van der Waals surface area (Å²) in [7, 11) is 2.30. The fourth-order valence-corrected chi connectivity index (χ4v) is 3.11. The zero-order valence-corrected chi connectivity index (χ0v) is 8.87. The van der Waals surface area contributed by atoms with Crippen LogP contribution in [-0.4, -0.2) is 30.6 Å². The Kier molecular flexibility index (Phi) is 2.61. The molecule has 0 aromatic heterocycles. The van der Waals surface area contributed by atoms with Gasteiger partial charge in [-0.3, -0.25) is 0 Å². The number of hydrogen-bond donors (Lipinski definition) is 1. The van der Waals surface area contributed by atoms with Crippen LogP contribution in [-0.2, 0) is 0 Å². The molecule has 0 aromatic rings. The molecule has 76 valence electrons. The summed E-state index contributed by atoms with van der Waals surface area (Å²) in [6.07, 6.45) is 5.64. The number of piperidine rings is 1. The third-order valence-electron chi connectivity index (χ3n) is 4.31. The van der Waals surface area contributed by atoms with Gasteiger partial charge in [-0.1, -0.05) is 6.92 Å². The fourth-order valence-electron chi connectivity index (χ4n) is 3.11. The van der Waals surface area contributed by atoms with Crippen LogP contribution in [0.4, 0.5) is 0 Å². The van der Waals surface area contributed by atoms with Gasteiger partial charge in [0.25, 0.3) is 0 Å². The van der Waals surface area contributed by atoms with Crippen molar-refractivity contribution in [3.05, 3.63) is 0 Å². The van der Waals surface area contributed by atoms with Gasteiger partial charge in [0.15, 0.2) is 0 Å². The molecule has 3 unspecified atom stereocenters. The van der Waals surface area contributed by atoms with E-state index in [0.717, 1.165) is 30.5 Å². The number of hydrogen-bond acceptors (Lipinski definition) is 2. The second-order valence-electron chi connectivity index (χ2n) is 4.99. The number of nitrogens with zero attached hydrogens (tertiary/aromatic N) is 1. The van der Waals surface area contributed by atoms with E-state index >= 15 is 0 Å². The molecule has 2 aliphatic heterocycles. The SMILES string of the molecule is CC(CN)C1CC2CCC(C1)N2C. The summed E-state index contributed by atoms with van der Waals surface area (Å²) in [5, 5.41) is 0. The van der Waals surface area contributed by atoms with E-state index in [1.54, 1.807) is 0 Å². The maximum atomic E-state index is 5.74. The third kappa shape index (κ3) is 1.62. The second kappa shape index (κ2) is 3.58. The van der Waals surface area contributed by atoms with Gasteiger partial charge in [0.05, 0.1) is 0 Å². The first-order chi connectivity index (χ1) is 6.22. The summed E-state index contributed by atoms with van der Waals surface area (Å²) in [5.74, 6) is 1.63. The summed E-state index contributed by atoms with van der Waals surface area (Å²) in [5.41, 5.74) is 5.74. The fraction of sp³-hybridized carbons (Fsp3) is 1.00. The number of nitrogens with two attached hydrogens (primary N) is 1. The van der Waals surface area contributed by atoms with Crippen molar-refractivity contribution in [3.8, 4) is 0 Å². The summed E-state index contributed by atoms with van der Waals surface area (Å²) in [6, 6.07) is 1.75. The van der Waals surface area contributed by atoms with Crippen LogP contribution in [0, 0.1) is 11.8 Å². The third-order valence-corrected chi connectivity index (χ3v) is 4.31. The molecule has 0 saturated carbocycles. The predicted octanol–water partition coefficient (Wildman–Crippen LogP) is 1.45. The van der Waals surface area contributed by atoms with Crippen molar-refractivity contribution < 1.29 is 0 Å². The van der Waals surface area contributed by atoms with Gasteiger partial charge in [-0.2, -0.15) is 0 Å². The summed E-state index contributed by atoms with van der Waals surface area (Å²) in [6.45, 7) is 3.18. The Balaban J connectivity index is 1.98. The number of rotatable bonds is 2. The first kappa shape index (κ1) is 9.47. The van der Waals surface area contributed by atoms with E-state index in [0.29, 0.717) is 0 Å². The van der Waals surface area contributed by atoms with Crippen LogP contribution in [0.15, 0.2) is 0 Å². The molecule has 2 heterocycles. The molecular weight excluding hydrogens is 160 g/mol. The van der Waals surface area contributed by atoms with Crippen LogP contribution in [0.5, 0.6) is 0 Å². The van der Waals surface area contributed by atoms with Gasteiger partial charge in [0.2, 0.25) is 0 Å². The van der Waals surface area contributed by atoms with Gasteiger partial charge >= 0.3 is 0 Å². The normalized spacial score (nSPS) is 42.2. The second-order valence-corrected chi connectivity index (χ2v) is 4.99. The lowest BCUT2D eigenvalue weighted by Crippen LogP contribution is -2.42. The van der Waals surface area contributed by atoms with E-state index in [1.807, 2.05) is 0 Å². The predicted molar refractivity (Wildman–Crippen MR) is 55.5 cm³/mol. The molecule has 3 atom stereocenters. The average molecular weight is 182 g/mol. The molecule has 2 aliphatic rings. The van der Waals surface area contributed by atoms with E-state index in [4.69, 9.17) is 5.73 Å². The Morgan fingerprint density at radius 3 is 2.31 bits per heavy atom. The van der Waals surface area contributed by atoms with E-state index in [9.17, 15) is 0 Å². The standard InChI is InChI=1S/C11H22N2/c1-8(7-12)9-5-10-3-4-11(6-9)13(10)2/h8-11H,3-7,12H2,1-2H3. The van der Waals surface area contributed by atoms with Crippen molar-refractivity contribution in [3.63, 3.8) is 0 Å². The molecule has 0 amide bonds. The van der Waals surface area contributed by atoms with E-state index < -0.39 is 0 Å². The minimum absolute atomic E-state index is 0.733. The van der Waals surface area contributed by atoms with Crippen molar-refractivity contribution in [2.45, 2.75) is 44.7 Å². The van der Waals surface area contributed by atoms with Gasteiger partial charge < -0.3 is 10.6 Å². The molecule has 2 fully saturated rings. The highest BCUT2D eigenvalue weighted by atomic mass is 15.2. The van der Waals surface area contributed by atoms with E-state index in [2.05, 4.69) is 18.9 Å². The Labute approximate surface area is 81.5 Å². The van der Waals surface area contributed by atoms with Gasteiger partial charge in [-0.05, 0) is 51.1 Å². The first-order valence-corrected chi connectivity index (χ1v) is 5.64. The zero-order valence-electron chi connectivity index (χ0n) is 8.87. The maximum absolute atomic E-state index is 5.74. The maximum Gasteiger partial charge on any atom is 0.00984 e. The highest BCUT2D eigenvalue weighted by Crippen LogP contribution is 2.39. The van der Waals surface area contributed by atoms with Gasteiger partial charge in [0, 0.05) is 12.1 Å². The Morgan fingerprint density at radius 2 is 1.85 bits per heavy atom. The van der Waals surface area contributed by atoms with Crippen LogP contribution in [0.3, 0.4) is 0 Å². The van der Waals surface area contributed by atoms with Crippen LogP contribution < -0.4 is 5.73 Å². The molecule has 0 radical (unpaired) electrons. The van der Waals surface area contributed by atoms with Crippen molar-refractivity contribution >= 4 is 0 Å². The van der Waals surface area contributed by atoms with Gasteiger partial charge in [0.1, 0.15) is 0 Å². The summed E-state index contributed by atoms with van der Waals surface area (Å²) in [4.78, 5) is 2.60. The molecule has 0 aliphatic carbocycles. The molecule has 2 saturated heterocycles.